The molecule has 0 aliphatic rings. The van der Waals surface area contributed by atoms with Gasteiger partial charge < -0.3 is 4.98 Å². The van der Waals surface area contributed by atoms with Gasteiger partial charge in [-0.3, -0.25) is 0 Å². The van der Waals surface area contributed by atoms with Crippen LogP contribution in [0.1, 0.15) is 18.9 Å². The molecule has 2 aromatic rings. The monoisotopic (exact) mass is 158 g/mol. The van der Waals surface area contributed by atoms with Crippen LogP contribution in [0.15, 0.2) is 24.4 Å². The molecule has 0 fully saturated rings. The molecule has 0 atom stereocenters. The fourth-order valence-corrected chi connectivity index (χ4v) is 1.47. The zero-order chi connectivity index (χ0) is 8.39. The SMILES string of the molecule is CCCc1ccc2[c]c[nH]c2c1. The molecule has 1 aromatic heterocycles. The number of hydrogen-bond donors (Lipinski definition) is 1. The molecule has 0 bridgehead atoms. The van der Waals surface area contributed by atoms with Crippen LogP contribution < -0.4 is 0 Å². The molecule has 0 aliphatic heterocycles. The predicted molar refractivity (Wildman–Crippen MR) is 51.1 cm³/mol. The van der Waals surface area contributed by atoms with E-state index in [0.717, 1.165) is 6.42 Å². The van der Waals surface area contributed by atoms with Gasteiger partial charge in [0, 0.05) is 23.2 Å². The van der Waals surface area contributed by atoms with Gasteiger partial charge in [-0.05, 0) is 18.1 Å². The lowest BCUT2D eigenvalue weighted by atomic mass is 10.1. The van der Waals surface area contributed by atoms with Crippen LogP contribution in [0.25, 0.3) is 10.9 Å². The van der Waals surface area contributed by atoms with Gasteiger partial charge in [0.1, 0.15) is 0 Å². The zero-order valence-electron chi connectivity index (χ0n) is 7.22. The van der Waals surface area contributed by atoms with Gasteiger partial charge in [-0.25, -0.2) is 0 Å². The Morgan fingerprint density at radius 1 is 1.42 bits per heavy atom. The van der Waals surface area contributed by atoms with Gasteiger partial charge in [0.05, 0.1) is 0 Å². The summed E-state index contributed by atoms with van der Waals surface area (Å²) in [7, 11) is 0. The van der Waals surface area contributed by atoms with Crippen LogP contribution in [0.5, 0.6) is 0 Å². The van der Waals surface area contributed by atoms with Crippen molar-refractivity contribution in [1.29, 1.82) is 0 Å². The predicted octanol–water partition coefficient (Wildman–Crippen LogP) is 2.92. The summed E-state index contributed by atoms with van der Waals surface area (Å²) in [5, 5.41) is 1.18. The van der Waals surface area contributed by atoms with E-state index in [1.165, 1.54) is 22.9 Å². The lowest BCUT2D eigenvalue weighted by molar-refractivity contribution is 0.923. The van der Waals surface area contributed by atoms with Crippen molar-refractivity contribution in [2.45, 2.75) is 19.8 Å². The van der Waals surface area contributed by atoms with Crippen molar-refractivity contribution >= 4 is 10.9 Å². The number of H-pyrrole nitrogens is 1. The summed E-state index contributed by atoms with van der Waals surface area (Å²) >= 11 is 0. The van der Waals surface area contributed by atoms with Crippen LogP contribution in [0, 0.1) is 6.07 Å². The summed E-state index contributed by atoms with van der Waals surface area (Å²) < 4.78 is 0. The molecule has 1 aromatic carbocycles. The Balaban J connectivity index is 2.46. The van der Waals surface area contributed by atoms with Gasteiger partial charge in [0.15, 0.2) is 0 Å². The first-order valence-corrected chi connectivity index (χ1v) is 4.38. The minimum Gasteiger partial charge on any atom is -0.361 e. The third kappa shape index (κ3) is 1.22. The van der Waals surface area contributed by atoms with E-state index in [1.54, 1.807) is 0 Å². The smallest absolute Gasteiger partial charge is 0.0463 e. The van der Waals surface area contributed by atoms with Crippen molar-refractivity contribution in [3.05, 3.63) is 36.0 Å². The van der Waals surface area contributed by atoms with Crippen LogP contribution in [0.4, 0.5) is 0 Å². The average Bonchev–Trinajstić information content (AvgIpc) is 2.51. The number of fused-ring (bicyclic) bond motifs is 1. The average molecular weight is 158 g/mol. The lowest BCUT2D eigenvalue weighted by Crippen LogP contribution is -1.81. The number of benzene rings is 1. The van der Waals surface area contributed by atoms with Gasteiger partial charge in [0.2, 0.25) is 0 Å². The Kier molecular flexibility index (Phi) is 1.86. The van der Waals surface area contributed by atoms with E-state index in [1.807, 2.05) is 6.20 Å². The molecule has 12 heavy (non-hydrogen) atoms. The van der Waals surface area contributed by atoms with Gasteiger partial charge in [-0.2, -0.15) is 0 Å². The maximum Gasteiger partial charge on any atom is 0.0463 e. The molecule has 2 rings (SSSR count). The van der Waals surface area contributed by atoms with E-state index in [4.69, 9.17) is 0 Å². The molecule has 0 saturated heterocycles. The minimum absolute atomic E-state index is 1.16. The largest absolute Gasteiger partial charge is 0.361 e. The number of aryl methyl sites for hydroxylation is 1. The third-order valence-electron chi connectivity index (χ3n) is 2.08. The van der Waals surface area contributed by atoms with E-state index in [2.05, 4.69) is 36.2 Å². The summed E-state index contributed by atoms with van der Waals surface area (Å²) in [5.41, 5.74) is 2.60. The Morgan fingerprint density at radius 3 is 3.17 bits per heavy atom. The molecule has 0 amide bonds. The van der Waals surface area contributed by atoms with Gasteiger partial charge >= 0.3 is 0 Å². The lowest BCUT2D eigenvalue weighted by Gasteiger charge is -1.97. The maximum atomic E-state index is 3.16. The first-order chi connectivity index (χ1) is 5.90. The van der Waals surface area contributed by atoms with Crippen LogP contribution in [0.2, 0.25) is 0 Å². The molecule has 1 nitrogen and oxygen atoms in total. The summed E-state index contributed by atoms with van der Waals surface area (Å²) in [6.45, 7) is 2.20. The highest BCUT2D eigenvalue weighted by Gasteiger charge is 1.95. The standard InChI is InChI=1S/C11H12N/c1-2-3-9-4-5-10-6-7-12-11(10)8-9/h4-5,7-8,12H,2-3H2,1H3. The van der Waals surface area contributed by atoms with Crippen molar-refractivity contribution < 1.29 is 0 Å². The number of aromatic nitrogens is 1. The highest BCUT2D eigenvalue weighted by atomic mass is 14.7. The first-order valence-electron chi connectivity index (χ1n) is 4.38. The minimum atomic E-state index is 1.16. The number of rotatable bonds is 2. The van der Waals surface area contributed by atoms with Crippen LogP contribution >= 0.6 is 0 Å². The third-order valence-corrected chi connectivity index (χ3v) is 2.08. The second-order valence-electron chi connectivity index (χ2n) is 3.06. The first kappa shape index (κ1) is 7.41. The van der Waals surface area contributed by atoms with Crippen LogP contribution in [-0.2, 0) is 6.42 Å². The molecule has 61 valence electrons. The van der Waals surface area contributed by atoms with Crippen molar-refractivity contribution in [2.75, 3.05) is 0 Å². The second kappa shape index (κ2) is 3.02. The van der Waals surface area contributed by atoms with Gasteiger partial charge in [0.25, 0.3) is 0 Å². The van der Waals surface area contributed by atoms with Crippen LogP contribution in [0.3, 0.4) is 0 Å². The van der Waals surface area contributed by atoms with Crippen molar-refractivity contribution in [3.8, 4) is 0 Å². The Hall–Kier alpha value is -1.24. The molecule has 1 heterocycles. The van der Waals surface area contributed by atoms with Gasteiger partial charge in [-0.15, -0.1) is 0 Å². The maximum absolute atomic E-state index is 3.16. The van der Waals surface area contributed by atoms with Crippen molar-refractivity contribution in [2.24, 2.45) is 0 Å². The molecule has 1 N–H and O–H groups in total. The van der Waals surface area contributed by atoms with Gasteiger partial charge in [-0.1, -0.05) is 25.5 Å². The molecular weight excluding hydrogens is 146 g/mol. The molecule has 0 unspecified atom stereocenters. The summed E-state index contributed by atoms with van der Waals surface area (Å²) in [4.78, 5) is 3.16. The van der Waals surface area contributed by atoms with E-state index >= 15 is 0 Å². The molecule has 0 saturated carbocycles. The summed E-state index contributed by atoms with van der Waals surface area (Å²) in [6, 6.07) is 9.64. The van der Waals surface area contributed by atoms with E-state index in [-0.39, 0.29) is 0 Å². The van der Waals surface area contributed by atoms with Crippen molar-refractivity contribution in [1.82, 2.24) is 4.98 Å². The molecule has 1 radical (unpaired) electrons. The highest BCUT2D eigenvalue weighted by molar-refractivity contribution is 5.79. The quantitative estimate of drug-likeness (QED) is 0.691. The number of aromatic amines is 1. The molecular formula is C11H12N. The normalized spacial score (nSPS) is 10.8. The Labute approximate surface area is 72.4 Å². The van der Waals surface area contributed by atoms with E-state index in [9.17, 15) is 0 Å². The second-order valence-corrected chi connectivity index (χ2v) is 3.06. The topological polar surface area (TPSA) is 15.8 Å². The Bertz CT molecular complexity index is 373. The highest BCUT2D eigenvalue weighted by Crippen LogP contribution is 2.14. The molecule has 0 spiro atoms. The Morgan fingerprint density at radius 2 is 2.33 bits per heavy atom. The van der Waals surface area contributed by atoms with Crippen molar-refractivity contribution in [3.63, 3.8) is 0 Å². The van der Waals surface area contributed by atoms with E-state index < -0.39 is 0 Å². The number of hydrogen-bond acceptors (Lipinski definition) is 0. The summed E-state index contributed by atoms with van der Waals surface area (Å²) in [6.07, 6.45) is 4.23. The fraction of sp³-hybridized carbons (Fsp3) is 0.273. The van der Waals surface area contributed by atoms with Crippen LogP contribution in [-0.4, -0.2) is 4.98 Å². The molecule has 1 heteroatoms. The van der Waals surface area contributed by atoms with E-state index in [0.29, 0.717) is 0 Å². The summed E-state index contributed by atoms with van der Waals surface area (Å²) in [5.74, 6) is 0. The molecule has 0 aliphatic carbocycles. The fourth-order valence-electron chi connectivity index (χ4n) is 1.47. The zero-order valence-corrected chi connectivity index (χ0v) is 7.22. The number of nitrogens with one attached hydrogen (secondary N) is 1.